The first-order valence-electron chi connectivity index (χ1n) is 6.52. The number of aromatic nitrogens is 2. The average molecular weight is 298 g/mol. The van der Waals surface area contributed by atoms with Gasteiger partial charge < -0.3 is 4.74 Å². The van der Waals surface area contributed by atoms with Crippen molar-refractivity contribution in [1.29, 1.82) is 0 Å². The SMILES string of the molecule is C=CCOC(=O)c1sc2nc(-c3ccccc3)cn2c1C. The summed E-state index contributed by atoms with van der Waals surface area (Å²) in [5.74, 6) is -0.329. The molecule has 0 aliphatic heterocycles. The summed E-state index contributed by atoms with van der Waals surface area (Å²) >= 11 is 1.34. The molecule has 0 unspecified atom stereocenters. The molecular weight excluding hydrogens is 284 g/mol. The van der Waals surface area contributed by atoms with Gasteiger partial charge in [0.1, 0.15) is 11.5 Å². The molecule has 2 aromatic heterocycles. The molecule has 21 heavy (non-hydrogen) atoms. The molecule has 3 aromatic rings. The van der Waals surface area contributed by atoms with Gasteiger partial charge >= 0.3 is 5.97 Å². The van der Waals surface area contributed by atoms with E-state index in [1.165, 1.54) is 11.3 Å². The van der Waals surface area contributed by atoms with Gasteiger partial charge in [0.15, 0.2) is 4.96 Å². The van der Waals surface area contributed by atoms with E-state index in [-0.39, 0.29) is 12.6 Å². The van der Waals surface area contributed by atoms with Crippen LogP contribution in [0.4, 0.5) is 0 Å². The number of thiazole rings is 1. The topological polar surface area (TPSA) is 43.6 Å². The van der Waals surface area contributed by atoms with Gasteiger partial charge in [0.05, 0.1) is 5.69 Å². The predicted octanol–water partition coefficient (Wildman–Crippen LogP) is 3.71. The second-order valence-corrected chi connectivity index (χ2v) is 5.53. The van der Waals surface area contributed by atoms with E-state index in [1.54, 1.807) is 6.08 Å². The Morgan fingerprint density at radius 2 is 2.19 bits per heavy atom. The third-order valence-electron chi connectivity index (χ3n) is 3.14. The minimum atomic E-state index is -0.329. The Balaban J connectivity index is 1.98. The van der Waals surface area contributed by atoms with Gasteiger partial charge in [-0.05, 0) is 6.92 Å². The summed E-state index contributed by atoms with van der Waals surface area (Å²) < 4.78 is 7.01. The highest BCUT2D eigenvalue weighted by Gasteiger charge is 2.18. The van der Waals surface area contributed by atoms with Gasteiger partial charge in [-0.2, -0.15) is 0 Å². The van der Waals surface area contributed by atoms with Crippen LogP contribution in [0.25, 0.3) is 16.2 Å². The van der Waals surface area contributed by atoms with E-state index in [1.807, 2.05) is 47.9 Å². The van der Waals surface area contributed by atoms with E-state index in [0.717, 1.165) is 21.9 Å². The van der Waals surface area contributed by atoms with E-state index in [0.29, 0.717) is 4.88 Å². The maximum Gasteiger partial charge on any atom is 0.350 e. The number of aryl methyl sites for hydroxylation is 1. The number of ether oxygens (including phenoxy) is 1. The van der Waals surface area contributed by atoms with Crippen molar-refractivity contribution < 1.29 is 9.53 Å². The number of esters is 1. The Kier molecular flexibility index (Phi) is 3.58. The molecule has 4 nitrogen and oxygen atoms in total. The number of carbonyl (C=O) groups is 1. The Morgan fingerprint density at radius 3 is 2.86 bits per heavy atom. The molecule has 0 saturated carbocycles. The molecule has 5 heteroatoms. The molecule has 0 amide bonds. The summed E-state index contributed by atoms with van der Waals surface area (Å²) in [6.07, 6.45) is 3.50. The van der Waals surface area contributed by atoms with Crippen LogP contribution in [0, 0.1) is 6.92 Å². The summed E-state index contributed by atoms with van der Waals surface area (Å²) in [4.78, 5) is 17.9. The number of carbonyl (C=O) groups excluding carboxylic acids is 1. The van der Waals surface area contributed by atoms with Crippen LogP contribution in [0.1, 0.15) is 15.4 Å². The molecule has 0 aliphatic rings. The fourth-order valence-electron chi connectivity index (χ4n) is 2.09. The standard InChI is InChI=1S/C16H14N2O2S/c1-3-9-20-15(19)14-11(2)18-10-13(17-16(18)21-14)12-7-5-4-6-8-12/h3-8,10H,1,9H2,2H3. The quantitative estimate of drug-likeness (QED) is 0.545. The van der Waals surface area contributed by atoms with Crippen molar-refractivity contribution in [3.63, 3.8) is 0 Å². The molecule has 0 saturated heterocycles. The number of hydrogen-bond donors (Lipinski definition) is 0. The molecule has 0 N–H and O–H groups in total. The van der Waals surface area contributed by atoms with Crippen molar-refractivity contribution in [2.24, 2.45) is 0 Å². The summed E-state index contributed by atoms with van der Waals surface area (Å²) in [7, 11) is 0. The molecule has 0 bridgehead atoms. The van der Waals surface area contributed by atoms with Crippen LogP contribution in [0.5, 0.6) is 0 Å². The molecule has 0 aliphatic carbocycles. The van der Waals surface area contributed by atoms with Crippen molar-refractivity contribution in [2.75, 3.05) is 6.61 Å². The molecule has 0 atom stereocenters. The zero-order chi connectivity index (χ0) is 14.8. The average Bonchev–Trinajstić information content (AvgIpc) is 3.06. The number of benzene rings is 1. The number of rotatable bonds is 4. The smallest absolute Gasteiger partial charge is 0.350 e. The summed E-state index contributed by atoms with van der Waals surface area (Å²) in [5, 5.41) is 0. The van der Waals surface area contributed by atoms with E-state index in [4.69, 9.17) is 4.74 Å². The van der Waals surface area contributed by atoms with E-state index < -0.39 is 0 Å². The maximum absolute atomic E-state index is 11.9. The number of fused-ring (bicyclic) bond motifs is 1. The van der Waals surface area contributed by atoms with Gasteiger partial charge in [-0.25, -0.2) is 9.78 Å². The lowest BCUT2D eigenvalue weighted by molar-refractivity contribution is 0.0554. The minimum Gasteiger partial charge on any atom is -0.457 e. The monoisotopic (exact) mass is 298 g/mol. The van der Waals surface area contributed by atoms with Crippen molar-refractivity contribution in [3.8, 4) is 11.3 Å². The zero-order valence-electron chi connectivity index (χ0n) is 11.6. The van der Waals surface area contributed by atoms with Crippen LogP contribution in [-0.2, 0) is 4.74 Å². The predicted molar refractivity (Wildman–Crippen MR) is 83.7 cm³/mol. The van der Waals surface area contributed by atoms with E-state index in [2.05, 4.69) is 11.6 Å². The van der Waals surface area contributed by atoms with Crippen molar-refractivity contribution in [2.45, 2.75) is 6.92 Å². The van der Waals surface area contributed by atoms with Crippen LogP contribution in [0.15, 0.2) is 49.2 Å². The third kappa shape index (κ3) is 2.48. The molecule has 0 fully saturated rings. The first-order valence-corrected chi connectivity index (χ1v) is 7.34. The van der Waals surface area contributed by atoms with Crippen LogP contribution in [0.3, 0.4) is 0 Å². The normalized spacial score (nSPS) is 10.7. The fourth-order valence-corrected chi connectivity index (χ4v) is 3.09. The molecule has 2 heterocycles. The highest BCUT2D eigenvalue weighted by molar-refractivity contribution is 7.19. The lowest BCUT2D eigenvalue weighted by Gasteiger charge is -2.00. The van der Waals surface area contributed by atoms with Crippen molar-refractivity contribution in [1.82, 2.24) is 9.38 Å². The maximum atomic E-state index is 11.9. The second-order valence-electron chi connectivity index (χ2n) is 4.55. The third-order valence-corrected chi connectivity index (χ3v) is 4.28. The van der Waals surface area contributed by atoms with Crippen molar-refractivity contribution >= 4 is 22.3 Å². The Labute approximate surface area is 126 Å². The van der Waals surface area contributed by atoms with E-state index >= 15 is 0 Å². The molecular formula is C16H14N2O2S. The highest BCUT2D eigenvalue weighted by Crippen LogP contribution is 2.27. The highest BCUT2D eigenvalue weighted by atomic mass is 32.1. The van der Waals surface area contributed by atoms with Crippen LogP contribution < -0.4 is 0 Å². The Hall–Kier alpha value is -2.40. The molecule has 0 spiro atoms. The minimum absolute atomic E-state index is 0.216. The molecule has 3 rings (SSSR count). The second kappa shape index (κ2) is 5.54. The summed E-state index contributed by atoms with van der Waals surface area (Å²) in [6, 6.07) is 9.96. The molecule has 1 aromatic carbocycles. The molecule has 0 radical (unpaired) electrons. The van der Waals surface area contributed by atoms with Gasteiger partial charge in [0.2, 0.25) is 0 Å². The van der Waals surface area contributed by atoms with Crippen molar-refractivity contribution in [3.05, 3.63) is 59.8 Å². The van der Waals surface area contributed by atoms with Crippen LogP contribution in [0.2, 0.25) is 0 Å². The van der Waals surface area contributed by atoms with Gasteiger partial charge in [0.25, 0.3) is 0 Å². The van der Waals surface area contributed by atoms with E-state index in [9.17, 15) is 4.79 Å². The van der Waals surface area contributed by atoms with Gasteiger partial charge in [-0.1, -0.05) is 54.3 Å². The van der Waals surface area contributed by atoms with Gasteiger partial charge in [0, 0.05) is 17.5 Å². The lowest BCUT2D eigenvalue weighted by Crippen LogP contribution is -2.05. The van der Waals surface area contributed by atoms with Gasteiger partial charge in [-0.15, -0.1) is 0 Å². The summed E-state index contributed by atoms with van der Waals surface area (Å²) in [6.45, 7) is 5.64. The zero-order valence-corrected chi connectivity index (χ0v) is 12.4. The first kappa shape index (κ1) is 13.6. The number of hydrogen-bond acceptors (Lipinski definition) is 4. The fraction of sp³-hybridized carbons (Fsp3) is 0.125. The number of imidazole rings is 1. The lowest BCUT2D eigenvalue weighted by atomic mass is 10.2. The van der Waals surface area contributed by atoms with Gasteiger partial charge in [-0.3, -0.25) is 4.40 Å². The Bertz CT molecular complexity index is 802. The summed E-state index contributed by atoms with van der Waals surface area (Å²) in [5.41, 5.74) is 2.80. The largest absolute Gasteiger partial charge is 0.457 e. The molecule has 106 valence electrons. The van der Waals surface area contributed by atoms with Crippen LogP contribution >= 0.6 is 11.3 Å². The Morgan fingerprint density at radius 1 is 1.43 bits per heavy atom. The van der Waals surface area contributed by atoms with Crippen LogP contribution in [-0.4, -0.2) is 22.0 Å². The number of nitrogens with zero attached hydrogens (tertiary/aromatic N) is 2. The first-order chi connectivity index (χ1) is 10.2.